The van der Waals surface area contributed by atoms with Crippen molar-refractivity contribution in [1.82, 2.24) is 0 Å². The molecule has 2 aliphatic heterocycles. The zero-order chi connectivity index (χ0) is 29.3. The van der Waals surface area contributed by atoms with E-state index < -0.39 is 0 Å². The van der Waals surface area contributed by atoms with Crippen molar-refractivity contribution in [2.75, 3.05) is 13.2 Å². The largest absolute Gasteiger partial charge is 0.381 e. The van der Waals surface area contributed by atoms with Crippen LogP contribution in [0.4, 0.5) is 0 Å². The molecule has 2 aliphatic rings. The van der Waals surface area contributed by atoms with Crippen molar-refractivity contribution in [1.29, 1.82) is 0 Å². The van der Waals surface area contributed by atoms with E-state index in [0.717, 1.165) is 38.9 Å². The molecule has 0 N–H and O–H groups in total. The maximum absolute atomic E-state index is 5.68. The van der Waals surface area contributed by atoms with E-state index in [9.17, 15) is 0 Å². The van der Waals surface area contributed by atoms with Crippen LogP contribution in [0.25, 0.3) is 43.6 Å². The van der Waals surface area contributed by atoms with Crippen LogP contribution in [-0.4, -0.2) is 13.2 Å². The highest BCUT2D eigenvalue weighted by Crippen LogP contribution is 2.53. The summed E-state index contributed by atoms with van der Waals surface area (Å²) in [5, 5.41) is 8.38. The van der Waals surface area contributed by atoms with Crippen LogP contribution in [0, 0.1) is 18.3 Å². The summed E-state index contributed by atoms with van der Waals surface area (Å²) >= 11 is 2.01. The minimum atomic E-state index is 0.186. The Balaban J connectivity index is 1.53. The molecule has 0 atom stereocenters. The number of hydrogen-bond donors (Lipinski definition) is 0. The molecule has 3 heteroatoms. The normalized spacial score (nSPS) is 15.7. The third-order valence-corrected chi connectivity index (χ3v) is 10.6. The lowest BCUT2D eigenvalue weighted by Crippen LogP contribution is -2.32. The third kappa shape index (κ3) is 4.74. The van der Waals surface area contributed by atoms with E-state index >= 15 is 0 Å². The fourth-order valence-corrected chi connectivity index (χ4v) is 8.86. The van der Waals surface area contributed by atoms with Gasteiger partial charge in [0, 0.05) is 34.5 Å². The number of nitrogens with zero attached hydrogens (tertiary/aromatic N) is 1. The highest BCUT2D eigenvalue weighted by atomic mass is 32.2. The standard InChI is InChI=1S/C39H44NOS/c1-23(2)18-25-8-11-29-31(19-25)24(3)35-37-36-30(12-15-40(37)7)32-20-27(26-13-16-41-17-14-26)9-10-28(32)21-34(36)42-38(35)33(29)22-39(4,5)6/h8-12,15,19-21,23,26H,13-14,16-18,22H2,1-7H3/q+1. The monoisotopic (exact) mass is 574 g/mol. The summed E-state index contributed by atoms with van der Waals surface area (Å²) in [7, 11) is 2.24. The van der Waals surface area contributed by atoms with Gasteiger partial charge in [0.25, 0.3) is 0 Å². The average molecular weight is 575 g/mol. The predicted molar refractivity (Wildman–Crippen MR) is 179 cm³/mol. The van der Waals surface area contributed by atoms with Crippen LogP contribution in [0.3, 0.4) is 0 Å². The highest BCUT2D eigenvalue weighted by molar-refractivity contribution is 8.00. The minimum Gasteiger partial charge on any atom is -0.381 e. The SMILES string of the molecule is Cc1c2c(c(CC(C)(C)C)c3ccc(CC(C)C)cc13)Sc1cc3ccc(C4CCOCC4)cc3c3cc[n+](C)c-2c13. The van der Waals surface area contributed by atoms with Crippen molar-refractivity contribution in [2.24, 2.45) is 18.4 Å². The van der Waals surface area contributed by atoms with Gasteiger partial charge < -0.3 is 4.74 Å². The van der Waals surface area contributed by atoms with Crippen molar-refractivity contribution in [3.63, 3.8) is 0 Å². The fraction of sp³-hybridized carbons (Fsp3) is 0.410. The van der Waals surface area contributed by atoms with Crippen molar-refractivity contribution in [2.45, 2.75) is 82.9 Å². The van der Waals surface area contributed by atoms with Gasteiger partial charge in [-0.05, 0) is 99.7 Å². The first-order chi connectivity index (χ1) is 20.1. The van der Waals surface area contributed by atoms with Gasteiger partial charge >= 0.3 is 0 Å². The van der Waals surface area contributed by atoms with Gasteiger partial charge in [-0.2, -0.15) is 0 Å². The molecule has 0 saturated carbocycles. The van der Waals surface area contributed by atoms with E-state index in [1.165, 1.54) is 75.6 Å². The Hall–Kier alpha value is -2.88. The summed E-state index contributed by atoms with van der Waals surface area (Å²) in [5.41, 5.74) is 8.84. The van der Waals surface area contributed by atoms with Crippen molar-refractivity contribution in [3.8, 4) is 11.3 Å². The Morgan fingerprint density at radius 1 is 0.929 bits per heavy atom. The Morgan fingerprint density at radius 3 is 2.45 bits per heavy atom. The lowest BCUT2D eigenvalue weighted by Gasteiger charge is -2.28. The molecule has 2 nitrogen and oxygen atoms in total. The molecule has 0 bridgehead atoms. The van der Waals surface area contributed by atoms with Gasteiger partial charge in [-0.3, -0.25) is 0 Å². The smallest absolute Gasteiger partial charge is 0.222 e. The number of benzene rings is 4. The molecule has 0 radical (unpaired) electrons. The van der Waals surface area contributed by atoms with E-state index in [4.69, 9.17) is 4.74 Å². The van der Waals surface area contributed by atoms with E-state index in [0.29, 0.717) is 11.8 Å². The molecular formula is C39H44NOS+. The topological polar surface area (TPSA) is 13.1 Å². The first-order valence-corrected chi connectivity index (χ1v) is 16.6. The van der Waals surface area contributed by atoms with Gasteiger partial charge in [0.2, 0.25) is 5.69 Å². The molecule has 1 fully saturated rings. The van der Waals surface area contributed by atoms with Gasteiger partial charge in [0.1, 0.15) is 7.05 Å². The number of aromatic nitrogens is 1. The highest BCUT2D eigenvalue weighted by Gasteiger charge is 2.33. The summed E-state index contributed by atoms with van der Waals surface area (Å²) in [4.78, 5) is 2.85. The van der Waals surface area contributed by atoms with Crippen molar-refractivity contribution in [3.05, 3.63) is 77.0 Å². The quantitative estimate of drug-likeness (QED) is 0.153. The molecule has 0 unspecified atom stereocenters. The van der Waals surface area contributed by atoms with Crippen molar-refractivity contribution >= 4 is 44.1 Å². The predicted octanol–water partition coefficient (Wildman–Crippen LogP) is 10.1. The molecule has 0 spiro atoms. The summed E-state index contributed by atoms with van der Waals surface area (Å²) in [6.45, 7) is 15.9. The van der Waals surface area contributed by atoms with Gasteiger partial charge in [-0.1, -0.05) is 82.8 Å². The van der Waals surface area contributed by atoms with Gasteiger partial charge in [-0.15, -0.1) is 0 Å². The second-order valence-electron chi connectivity index (χ2n) is 14.4. The number of pyridine rings is 1. The first-order valence-electron chi connectivity index (χ1n) is 15.8. The zero-order valence-electron chi connectivity index (χ0n) is 26.4. The van der Waals surface area contributed by atoms with Crippen molar-refractivity contribution < 1.29 is 9.30 Å². The van der Waals surface area contributed by atoms with Gasteiger partial charge in [0.05, 0.1) is 10.9 Å². The van der Waals surface area contributed by atoms with Crippen LogP contribution >= 0.6 is 11.8 Å². The van der Waals surface area contributed by atoms with E-state index in [1.807, 2.05) is 11.8 Å². The number of aryl methyl sites for hydroxylation is 2. The summed E-state index contributed by atoms with van der Waals surface area (Å²) < 4.78 is 8.07. The van der Waals surface area contributed by atoms with Crippen LogP contribution < -0.4 is 4.57 Å². The maximum atomic E-state index is 5.68. The van der Waals surface area contributed by atoms with E-state index in [1.54, 1.807) is 0 Å². The Morgan fingerprint density at radius 2 is 1.71 bits per heavy atom. The Bertz CT molecular complexity index is 1870. The second-order valence-corrected chi connectivity index (χ2v) is 15.5. The molecule has 3 heterocycles. The van der Waals surface area contributed by atoms with Crippen LogP contribution in [0.15, 0.2) is 64.5 Å². The average Bonchev–Trinajstić information content (AvgIpc) is 2.95. The molecule has 5 aromatic rings. The van der Waals surface area contributed by atoms with Crippen LogP contribution in [0.5, 0.6) is 0 Å². The lowest BCUT2D eigenvalue weighted by molar-refractivity contribution is -0.659. The van der Waals surface area contributed by atoms with Gasteiger partial charge in [-0.25, -0.2) is 4.57 Å². The molecule has 0 aliphatic carbocycles. The molecule has 7 rings (SSSR count). The first kappa shape index (κ1) is 27.9. The molecule has 216 valence electrons. The minimum absolute atomic E-state index is 0.186. The van der Waals surface area contributed by atoms with Crippen LogP contribution in [0.2, 0.25) is 0 Å². The third-order valence-electron chi connectivity index (χ3n) is 9.41. The number of hydrogen-bond acceptors (Lipinski definition) is 2. The Kier molecular flexibility index (Phi) is 6.90. The van der Waals surface area contributed by atoms with Crippen LogP contribution in [0.1, 0.15) is 75.6 Å². The molecular weight excluding hydrogens is 531 g/mol. The summed E-state index contributed by atoms with van der Waals surface area (Å²) in [6.07, 6.45) is 6.70. The zero-order valence-corrected chi connectivity index (χ0v) is 27.2. The number of rotatable bonds is 4. The summed E-state index contributed by atoms with van der Waals surface area (Å²) in [6, 6.07) is 19.4. The molecule has 42 heavy (non-hydrogen) atoms. The second kappa shape index (κ2) is 10.4. The van der Waals surface area contributed by atoms with Crippen LogP contribution in [-0.2, 0) is 24.6 Å². The molecule has 1 saturated heterocycles. The lowest BCUT2D eigenvalue weighted by atomic mass is 9.82. The molecule has 4 aromatic carbocycles. The fourth-order valence-electron chi connectivity index (χ4n) is 7.49. The number of fused-ring (bicyclic) bond motifs is 5. The van der Waals surface area contributed by atoms with E-state index in [-0.39, 0.29) is 5.41 Å². The Labute approximate surface area is 255 Å². The summed E-state index contributed by atoms with van der Waals surface area (Å²) in [5.74, 6) is 1.23. The van der Waals surface area contributed by atoms with Gasteiger partial charge in [0.15, 0.2) is 6.20 Å². The molecule has 0 amide bonds. The van der Waals surface area contributed by atoms with E-state index in [2.05, 4.69) is 108 Å². The maximum Gasteiger partial charge on any atom is 0.222 e. The molecule has 1 aromatic heterocycles. The number of ether oxygens (including phenoxy) is 1.